The zero-order valence-electron chi connectivity index (χ0n) is 6.36. The summed E-state index contributed by atoms with van der Waals surface area (Å²) >= 11 is 0. The Morgan fingerprint density at radius 3 is 2.64 bits per heavy atom. The average molecular weight is 168 g/mol. The van der Waals surface area contributed by atoms with E-state index in [0.29, 0.717) is 11.0 Å². The van der Waals surface area contributed by atoms with Crippen molar-refractivity contribution in [3.05, 3.63) is 23.0 Å². The zero-order valence-corrected chi connectivity index (χ0v) is 7.26. The van der Waals surface area contributed by atoms with Crippen molar-refractivity contribution in [1.29, 1.82) is 0 Å². The minimum atomic E-state index is -0.0548. The summed E-state index contributed by atoms with van der Waals surface area (Å²) < 4.78 is 0. The fourth-order valence-electron chi connectivity index (χ4n) is 1.64. The SMILES string of the molecule is O=C1CCC([SH]2C=CC=C2)C1. The monoisotopic (exact) mass is 168 g/mol. The number of carbonyl (C=O) groups excluding carboxylic acids is 1. The summed E-state index contributed by atoms with van der Waals surface area (Å²) in [5, 5.41) is 5.20. The summed E-state index contributed by atoms with van der Waals surface area (Å²) in [7, 11) is -0.0548. The van der Waals surface area contributed by atoms with E-state index in [4.69, 9.17) is 0 Å². The van der Waals surface area contributed by atoms with E-state index in [1.54, 1.807) is 0 Å². The van der Waals surface area contributed by atoms with Crippen molar-refractivity contribution in [2.24, 2.45) is 0 Å². The molecule has 1 atom stereocenters. The summed E-state index contributed by atoms with van der Waals surface area (Å²) in [5.74, 6) is 0.464. The normalized spacial score (nSPS) is 32.2. The molecule has 2 heteroatoms. The average Bonchev–Trinajstić information content (AvgIpc) is 2.55. The van der Waals surface area contributed by atoms with Gasteiger partial charge in [-0.3, -0.25) is 4.79 Å². The van der Waals surface area contributed by atoms with Gasteiger partial charge in [-0.15, -0.1) is 0 Å². The zero-order chi connectivity index (χ0) is 7.68. The van der Waals surface area contributed by atoms with Gasteiger partial charge in [-0.05, 0) is 17.2 Å². The quantitative estimate of drug-likeness (QED) is 0.594. The van der Waals surface area contributed by atoms with Crippen LogP contribution < -0.4 is 0 Å². The number of hydrogen-bond acceptors (Lipinski definition) is 1. The van der Waals surface area contributed by atoms with E-state index in [2.05, 4.69) is 23.0 Å². The molecular formula is C9H12OS. The molecule has 1 saturated carbocycles. The molecule has 0 aromatic carbocycles. The molecule has 1 aliphatic carbocycles. The fourth-order valence-corrected chi connectivity index (χ4v) is 3.66. The molecule has 2 aliphatic rings. The first-order chi connectivity index (χ1) is 5.36. The second kappa shape index (κ2) is 2.86. The van der Waals surface area contributed by atoms with Gasteiger partial charge in [-0.2, -0.15) is 0 Å². The Kier molecular flexibility index (Phi) is 1.86. The van der Waals surface area contributed by atoms with Crippen LogP contribution in [0.3, 0.4) is 0 Å². The maximum Gasteiger partial charge on any atom is 0.134 e. The molecule has 60 valence electrons. The van der Waals surface area contributed by atoms with Crippen molar-refractivity contribution < 1.29 is 4.79 Å². The second-order valence-corrected chi connectivity index (χ2v) is 5.29. The first kappa shape index (κ1) is 7.17. The lowest BCUT2D eigenvalue weighted by atomic mass is 10.4. The third-order valence-electron chi connectivity index (χ3n) is 2.27. The molecule has 0 amide bonds. The van der Waals surface area contributed by atoms with Gasteiger partial charge in [-0.1, -0.05) is 12.2 Å². The number of thiol groups is 1. The predicted molar refractivity (Wildman–Crippen MR) is 49.9 cm³/mol. The van der Waals surface area contributed by atoms with Crippen molar-refractivity contribution in [3.8, 4) is 0 Å². The Balaban J connectivity index is 2.01. The third-order valence-corrected chi connectivity index (χ3v) is 4.59. The lowest BCUT2D eigenvalue weighted by Crippen LogP contribution is -1.99. The molecule has 1 heterocycles. The third kappa shape index (κ3) is 1.41. The van der Waals surface area contributed by atoms with Crippen LogP contribution in [0.25, 0.3) is 0 Å². The topological polar surface area (TPSA) is 17.1 Å². The number of Topliss-reactive ketones (excluding diaryl/α,β-unsaturated/α-hetero) is 1. The van der Waals surface area contributed by atoms with Gasteiger partial charge in [0.1, 0.15) is 5.78 Å². The molecule has 0 radical (unpaired) electrons. The Bertz CT molecular complexity index is 218. The van der Waals surface area contributed by atoms with Crippen molar-refractivity contribution in [3.63, 3.8) is 0 Å². The Hall–Kier alpha value is -0.500. The summed E-state index contributed by atoms with van der Waals surface area (Å²) in [6, 6.07) is 0. The summed E-state index contributed by atoms with van der Waals surface area (Å²) in [6.07, 6.45) is 6.99. The molecule has 0 aromatic heterocycles. The molecular weight excluding hydrogens is 156 g/mol. The van der Waals surface area contributed by atoms with E-state index in [9.17, 15) is 4.79 Å². The van der Waals surface area contributed by atoms with Crippen molar-refractivity contribution in [1.82, 2.24) is 0 Å². The van der Waals surface area contributed by atoms with E-state index in [1.165, 1.54) is 0 Å². The van der Waals surface area contributed by atoms with Crippen molar-refractivity contribution in [2.45, 2.75) is 24.5 Å². The summed E-state index contributed by atoms with van der Waals surface area (Å²) in [6.45, 7) is 0. The van der Waals surface area contributed by atoms with Crippen LogP contribution >= 0.6 is 10.9 Å². The minimum absolute atomic E-state index is 0.0548. The second-order valence-electron chi connectivity index (χ2n) is 3.07. The van der Waals surface area contributed by atoms with Crippen LogP contribution in [0.5, 0.6) is 0 Å². The fraction of sp³-hybridized carbons (Fsp3) is 0.444. The number of hydrogen-bond donors (Lipinski definition) is 1. The molecule has 0 bridgehead atoms. The molecule has 1 aliphatic heterocycles. The van der Waals surface area contributed by atoms with Crippen LogP contribution in [0.1, 0.15) is 19.3 Å². The molecule has 1 nitrogen and oxygen atoms in total. The van der Waals surface area contributed by atoms with Gasteiger partial charge in [0, 0.05) is 18.1 Å². The van der Waals surface area contributed by atoms with E-state index >= 15 is 0 Å². The molecule has 0 N–H and O–H groups in total. The summed E-state index contributed by atoms with van der Waals surface area (Å²) in [5.41, 5.74) is 0. The van der Waals surface area contributed by atoms with Crippen LogP contribution in [0, 0.1) is 0 Å². The Morgan fingerprint density at radius 2 is 2.09 bits per heavy atom. The number of carbonyl (C=O) groups is 1. The maximum atomic E-state index is 11.0. The molecule has 1 fully saturated rings. The number of allylic oxidation sites excluding steroid dienone is 2. The van der Waals surface area contributed by atoms with Gasteiger partial charge in [0.15, 0.2) is 0 Å². The smallest absolute Gasteiger partial charge is 0.134 e. The van der Waals surface area contributed by atoms with Crippen molar-refractivity contribution >= 4 is 16.7 Å². The molecule has 2 rings (SSSR count). The van der Waals surface area contributed by atoms with E-state index in [0.717, 1.165) is 19.3 Å². The van der Waals surface area contributed by atoms with E-state index in [1.807, 2.05) is 0 Å². The van der Waals surface area contributed by atoms with Gasteiger partial charge in [-0.25, -0.2) is 10.9 Å². The predicted octanol–water partition coefficient (Wildman–Crippen LogP) is 2.15. The standard InChI is InChI=1S/C9H12OS/c10-8-3-4-9(7-8)11-5-1-2-6-11/h1-2,5-6,9,11H,3-4,7H2. The van der Waals surface area contributed by atoms with Crippen molar-refractivity contribution in [2.75, 3.05) is 0 Å². The minimum Gasteiger partial charge on any atom is -0.300 e. The van der Waals surface area contributed by atoms with Crippen LogP contribution in [0.2, 0.25) is 0 Å². The molecule has 0 saturated heterocycles. The van der Waals surface area contributed by atoms with Crippen LogP contribution in [-0.2, 0) is 4.79 Å². The van der Waals surface area contributed by atoms with Crippen LogP contribution in [0.15, 0.2) is 23.0 Å². The van der Waals surface area contributed by atoms with Gasteiger partial charge in [0.25, 0.3) is 0 Å². The van der Waals surface area contributed by atoms with Gasteiger partial charge >= 0.3 is 0 Å². The molecule has 1 unspecified atom stereocenters. The highest BCUT2D eigenvalue weighted by atomic mass is 32.2. The lowest BCUT2D eigenvalue weighted by Gasteiger charge is -2.16. The molecule has 0 spiro atoms. The Morgan fingerprint density at radius 1 is 1.36 bits per heavy atom. The summed E-state index contributed by atoms with van der Waals surface area (Å²) in [4.78, 5) is 11.0. The first-order valence-corrected chi connectivity index (χ1v) is 5.55. The lowest BCUT2D eigenvalue weighted by molar-refractivity contribution is -0.117. The maximum absolute atomic E-state index is 11.0. The van der Waals surface area contributed by atoms with E-state index < -0.39 is 0 Å². The highest BCUT2D eigenvalue weighted by Gasteiger charge is 2.25. The largest absolute Gasteiger partial charge is 0.300 e. The Labute approximate surface area is 69.5 Å². The van der Waals surface area contributed by atoms with Gasteiger partial charge < -0.3 is 0 Å². The number of ketones is 1. The van der Waals surface area contributed by atoms with Gasteiger partial charge in [0.2, 0.25) is 0 Å². The van der Waals surface area contributed by atoms with Crippen LogP contribution in [-0.4, -0.2) is 11.0 Å². The highest BCUT2D eigenvalue weighted by Crippen LogP contribution is 2.44. The van der Waals surface area contributed by atoms with Gasteiger partial charge in [0.05, 0.1) is 0 Å². The first-order valence-electron chi connectivity index (χ1n) is 4.00. The molecule has 11 heavy (non-hydrogen) atoms. The highest BCUT2D eigenvalue weighted by molar-refractivity contribution is 8.22. The number of rotatable bonds is 1. The van der Waals surface area contributed by atoms with Crippen LogP contribution in [0.4, 0.5) is 0 Å². The molecule has 0 aromatic rings. The van der Waals surface area contributed by atoms with E-state index in [-0.39, 0.29) is 10.9 Å².